The number of aromatic nitrogens is 2. The molecule has 0 unspecified atom stereocenters. The van der Waals surface area contributed by atoms with E-state index in [2.05, 4.69) is 27.6 Å². The molecule has 0 aliphatic carbocycles. The van der Waals surface area contributed by atoms with Crippen LogP contribution in [0.3, 0.4) is 0 Å². The lowest BCUT2D eigenvalue weighted by Gasteiger charge is -2.01. The van der Waals surface area contributed by atoms with Crippen molar-refractivity contribution < 1.29 is 4.74 Å². The maximum Gasteiger partial charge on any atom is 0.144 e. The van der Waals surface area contributed by atoms with Crippen molar-refractivity contribution in [3.63, 3.8) is 0 Å². The van der Waals surface area contributed by atoms with Crippen molar-refractivity contribution in [1.82, 2.24) is 9.55 Å². The van der Waals surface area contributed by atoms with Crippen LogP contribution in [0.5, 0.6) is 5.75 Å². The average molecular weight is 288 g/mol. The Kier molecular flexibility index (Phi) is 2.15. The van der Waals surface area contributed by atoms with Gasteiger partial charge in [0.2, 0.25) is 0 Å². The first-order valence-corrected chi connectivity index (χ1v) is 4.95. The highest BCUT2D eigenvalue weighted by molar-refractivity contribution is 14.1. The van der Waals surface area contributed by atoms with Gasteiger partial charge in [-0.15, -0.1) is 0 Å². The number of nitrogens with zero attached hydrogens (tertiary/aromatic N) is 2. The van der Waals surface area contributed by atoms with Crippen LogP contribution in [0, 0.1) is 3.57 Å². The van der Waals surface area contributed by atoms with Gasteiger partial charge in [-0.3, -0.25) is 0 Å². The standard InChI is InChI=1S/C9H9IN2O/c1-12-5-6(10)8-7(13-2)3-4-11-9(8)12/h3-5H,1-2H3. The Morgan fingerprint density at radius 3 is 3.00 bits per heavy atom. The first kappa shape index (κ1) is 8.80. The molecule has 2 heterocycles. The molecule has 3 nitrogen and oxygen atoms in total. The zero-order chi connectivity index (χ0) is 9.42. The molecule has 0 aliphatic heterocycles. The Labute approximate surface area is 89.9 Å². The molecule has 13 heavy (non-hydrogen) atoms. The van der Waals surface area contributed by atoms with Crippen LogP contribution < -0.4 is 4.74 Å². The minimum atomic E-state index is 0.884. The van der Waals surface area contributed by atoms with E-state index in [1.807, 2.05) is 23.9 Å². The minimum absolute atomic E-state index is 0.884. The number of hydrogen-bond donors (Lipinski definition) is 0. The van der Waals surface area contributed by atoms with Crippen LogP contribution in [0.1, 0.15) is 0 Å². The first-order valence-electron chi connectivity index (χ1n) is 3.87. The van der Waals surface area contributed by atoms with Crippen molar-refractivity contribution >= 4 is 33.6 Å². The highest BCUT2D eigenvalue weighted by Gasteiger charge is 2.09. The van der Waals surface area contributed by atoms with Crippen LogP contribution in [0.25, 0.3) is 11.0 Å². The fourth-order valence-corrected chi connectivity index (χ4v) is 2.32. The van der Waals surface area contributed by atoms with Gasteiger partial charge in [0.15, 0.2) is 0 Å². The summed E-state index contributed by atoms with van der Waals surface area (Å²) in [4.78, 5) is 4.29. The number of aryl methyl sites for hydroxylation is 1. The number of ether oxygens (including phenoxy) is 1. The van der Waals surface area contributed by atoms with E-state index < -0.39 is 0 Å². The van der Waals surface area contributed by atoms with Crippen LogP contribution in [0.15, 0.2) is 18.5 Å². The lowest BCUT2D eigenvalue weighted by molar-refractivity contribution is 0.419. The summed E-state index contributed by atoms with van der Waals surface area (Å²) in [5, 5.41) is 1.09. The second kappa shape index (κ2) is 3.17. The zero-order valence-corrected chi connectivity index (χ0v) is 9.57. The monoisotopic (exact) mass is 288 g/mol. The molecule has 0 fully saturated rings. The van der Waals surface area contributed by atoms with Gasteiger partial charge in [0, 0.05) is 23.0 Å². The number of pyridine rings is 1. The van der Waals surface area contributed by atoms with Crippen molar-refractivity contribution in [2.45, 2.75) is 0 Å². The maximum atomic E-state index is 5.26. The highest BCUT2D eigenvalue weighted by atomic mass is 127. The molecular formula is C9H9IN2O. The summed E-state index contributed by atoms with van der Waals surface area (Å²) in [7, 11) is 3.66. The number of halogens is 1. The molecule has 2 aromatic heterocycles. The van der Waals surface area contributed by atoms with E-state index in [0.717, 1.165) is 16.8 Å². The van der Waals surface area contributed by atoms with Gasteiger partial charge in [-0.1, -0.05) is 0 Å². The van der Waals surface area contributed by atoms with Crippen molar-refractivity contribution in [2.75, 3.05) is 7.11 Å². The lowest BCUT2D eigenvalue weighted by Crippen LogP contribution is -1.89. The second-order valence-electron chi connectivity index (χ2n) is 2.80. The Balaban J connectivity index is 2.88. The summed E-state index contributed by atoms with van der Waals surface area (Å²) in [5.74, 6) is 0.884. The molecule has 2 aromatic rings. The number of rotatable bonds is 1. The lowest BCUT2D eigenvalue weighted by atomic mass is 10.3. The molecule has 0 atom stereocenters. The number of fused-ring (bicyclic) bond motifs is 1. The van der Waals surface area contributed by atoms with Gasteiger partial charge >= 0.3 is 0 Å². The second-order valence-corrected chi connectivity index (χ2v) is 3.96. The molecule has 68 valence electrons. The van der Waals surface area contributed by atoms with Crippen molar-refractivity contribution in [3.05, 3.63) is 22.0 Å². The van der Waals surface area contributed by atoms with Crippen LogP contribution in [0.4, 0.5) is 0 Å². The van der Waals surface area contributed by atoms with E-state index in [1.165, 1.54) is 3.57 Å². The van der Waals surface area contributed by atoms with Crippen LogP contribution in [-0.4, -0.2) is 16.7 Å². The quantitative estimate of drug-likeness (QED) is 0.752. The normalized spacial score (nSPS) is 10.7. The third-order valence-electron chi connectivity index (χ3n) is 1.99. The predicted octanol–water partition coefficient (Wildman–Crippen LogP) is 2.19. The van der Waals surface area contributed by atoms with Gasteiger partial charge in [-0.2, -0.15) is 0 Å². The fraction of sp³-hybridized carbons (Fsp3) is 0.222. The van der Waals surface area contributed by atoms with Crippen LogP contribution >= 0.6 is 22.6 Å². The maximum absolute atomic E-state index is 5.26. The SMILES string of the molecule is COc1ccnc2c1c(I)cn2C. The molecule has 4 heteroatoms. The largest absolute Gasteiger partial charge is 0.496 e. The minimum Gasteiger partial charge on any atom is -0.496 e. The summed E-state index contributed by atoms with van der Waals surface area (Å²) in [6, 6.07) is 1.88. The topological polar surface area (TPSA) is 27.1 Å². The first-order chi connectivity index (χ1) is 6.24. The molecule has 0 bridgehead atoms. The van der Waals surface area contributed by atoms with Crippen LogP contribution in [0.2, 0.25) is 0 Å². The highest BCUT2D eigenvalue weighted by Crippen LogP contribution is 2.29. The summed E-state index contributed by atoms with van der Waals surface area (Å²) in [5.41, 5.74) is 0.962. The number of hydrogen-bond acceptors (Lipinski definition) is 2. The van der Waals surface area contributed by atoms with Gasteiger partial charge in [-0.25, -0.2) is 4.98 Å². The Hall–Kier alpha value is -0.780. The van der Waals surface area contributed by atoms with Crippen molar-refractivity contribution in [1.29, 1.82) is 0 Å². The molecule has 0 saturated carbocycles. The van der Waals surface area contributed by atoms with Gasteiger partial charge in [-0.05, 0) is 28.7 Å². The van der Waals surface area contributed by atoms with E-state index in [1.54, 1.807) is 13.3 Å². The molecule has 0 amide bonds. The van der Waals surface area contributed by atoms with E-state index in [-0.39, 0.29) is 0 Å². The summed E-state index contributed by atoms with van der Waals surface area (Å²) >= 11 is 2.29. The smallest absolute Gasteiger partial charge is 0.144 e. The van der Waals surface area contributed by atoms with Gasteiger partial charge in [0.25, 0.3) is 0 Å². The Morgan fingerprint density at radius 1 is 1.54 bits per heavy atom. The van der Waals surface area contributed by atoms with Crippen molar-refractivity contribution in [2.24, 2.45) is 7.05 Å². The summed E-state index contributed by atoms with van der Waals surface area (Å²) in [6.07, 6.45) is 3.80. The molecule has 2 rings (SSSR count). The average Bonchev–Trinajstić information content (AvgIpc) is 2.43. The summed E-state index contributed by atoms with van der Waals surface area (Å²) in [6.45, 7) is 0. The Morgan fingerprint density at radius 2 is 2.31 bits per heavy atom. The molecule has 0 N–H and O–H groups in total. The zero-order valence-electron chi connectivity index (χ0n) is 7.41. The number of methoxy groups -OCH3 is 1. The fourth-order valence-electron chi connectivity index (χ4n) is 1.39. The van der Waals surface area contributed by atoms with E-state index >= 15 is 0 Å². The van der Waals surface area contributed by atoms with Crippen LogP contribution in [-0.2, 0) is 7.05 Å². The van der Waals surface area contributed by atoms with E-state index in [0.29, 0.717) is 0 Å². The molecule has 0 aliphatic rings. The molecule has 0 spiro atoms. The van der Waals surface area contributed by atoms with Crippen molar-refractivity contribution in [3.8, 4) is 5.75 Å². The van der Waals surface area contributed by atoms with E-state index in [4.69, 9.17) is 4.74 Å². The molecular weight excluding hydrogens is 279 g/mol. The molecule has 0 radical (unpaired) electrons. The predicted molar refractivity (Wildman–Crippen MR) is 60.0 cm³/mol. The Bertz CT molecular complexity index is 450. The molecule has 0 saturated heterocycles. The van der Waals surface area contributed by atoms with Gasteiger partial charge < -0.3 is 9.30 Å². The van der Waals surface area contributed by atoms with Gasteiger partial charge in [0.1, 0.15) is 11.4 Å². The summed E-state index contributed by atoms with van der Waals surface area (Å²) < 4.78 is 8.43. The van der Waals surface area contributed by atoms with E-state index in [9.17, 15) is 0 Å². The third-order valence-corrected chi connectivity index (χ3v) is 2.81. The molecule has 0 aromatic carbocycles. The van der Waals surface area contributed by atoms with Gasteiger partial charge in [0.05, 0.1) is 12.5 Å². The third kappa shape index (κ3) is 1.29.